The molecule has 0 spiro atoms. The van der Waals surface area contributed by atoms with Crippen LogP contribution in [-0.4, -0.2) is 38.6 Å². The number of rotatable bonds is 2. The van der Waals surface area contributed by atoms with Crippen LogP contribution in [0.2, 0.25) is 0 Å². The minimum Gasteiger partial charge on any atom is -0.385 e. The summed E-state index contributed by atoms with van der Waals surface area (Å²) in [6, 6.07) is 4.28. The second kappa shape index (κ2) is 5.94. The Balaban J connectivity index is 1.20. The van der Waals surface area contributed by atoms with Gasteiger partial charge in [0.25, 0.3) is 0 Å². The number of nitrogens with zero attached hydrogens (tertiary/aromatic N) is 2. The van der Waals surface area contributed by atoms with E-state index in [4.69, 9.17) is 0 Å². The second-order valence-electron chi connectivity index (χ2n) is 10.6. The van der Waals surface area contributed by atoms with Gasteiger partial charge >= 0.3 is 6.03 Å². The van der Waals surface area contributed by atoms with Gasteiger partial charge in [0.2, 0.25) is 0 Å². The van der Waals surface area contributed by atoms with Gasteiger partial charge in [0.05, 0.1) is 5.60 Å². The minimum atomic E-state index is -0.850. The highest BCUT2D eigenvalue weighted by Gasteiger charge is 2.54. The number of carbonyl (C=O) groups excluding carboxylic acids is 1. The van der Waals surface area contributed by atoms with E-state index < -0.39 is 5.60 Å². The lowest BCUT2D eigenvalue weighted by molar-refractivity contribution is -0.0494. The molecule has 4 aliphatic carbocycles. The summed E-state index contributed by atoms with van der Waals surface area (Å²) >= 11 is 0. The van der Waals surface area contributed by atoms with Crippen molar-refractivity contribution in [2.24, 2.45) is 17.8 Å². The molecular formula is C23H31N3O2. The molecule has 0 aromatic carbocycles. The first kappa shape index (κ1) is 17.3. The van der Waals surface area contributed by atoms with Crippen LogP contribution in [-0.2, 0) is 5.60 Å². The Morgan fingerprint density at radius 3 is 2.18 bits per heavy atom. The first-order valence-electron chi connectivity index (χ1n) is 11.3. The number of hydrogen-bond acceptors (Lipinski definition) is 3. The van der Waals surface area contributed by atoms with E-state index in [9.17, 15) is 9.90 Å². The SMILES string of the molecule is O=C(NC12CC3CC(CC(C3)C1)C2)N1[C@@H]2CC[C@H]1CC(O)(c1cccnc1)C2. The third-order valence-electron chi connectivity index (χ3n) is 8.61. The Hall–Kier alpha value is -1.62. The molecule has 28 heavy (non-hydrogen) atoms. The summed E-state index contributed by atoms with van der Waals surface area (Å²) in [6.07, 6.45) is 14.5. The number of aliphatic hydroxyl groups is 1. The molecule has 6 fully saturated rings. The topological polar surface area (TPSA) is 65.5 Å². The van der Waals surface area contributed by atoms with Gasteiger partial charge in [-0.3, -0.25) is 4.98 Å². The zero-order chi connectivity index (χ0) is 18.9. The van der Waals surface area contributed by atoms with Crippen molar-refractivity contribution in [3.8, 4) is 0 Å². The summed E-state index contributed by atoms with van der Waals surface area (Å²) in [7, 11) is 0. The van der Waals surface area contributed by atoms with Crippen molar-refractivity contribution < 1.29 is 9.90 Å². The number of hydrogen-bond donors (Lipinski definition) is 2. The first-order chi connectivity index (χ1) is 13.5. The van der Waals surface area contributed by atoms with Crippen molar-refractivity contribution in [3.05, 3.63) is 30.1 Å². The summed E-state index contributed by atoms with van der Waals surface area (Å²) < 4.78 is 0. The van der Waals surface area contributed by atoms with Crippen LogP contribution in [0.5, 0.6) is 0 Å². The van der Waals surface area contributed by atoms with Crippen molar-refractivity contribution in [2.45, 2.75) is 87.4 Å². The molecule has 1 aromatic rings. The average Bonchev–Trinajstić information content (AvgIpc) is 2.93. The number of carbonyl (C=O) groups is 1. The zero-order valence-corrected chi connectivity index (χ0v) is 16.5. The normalized spacial score (nSPS) is 46.0. The van der Waals surface area contributed by atoms with Crippen LogP contribution in [0.15, 0.2) is 24.5 Å². The zero-order valence-electron chi connectivity index (χ0n) is 16.5. The predicted molar refractivity (Wildman–Crippen MR) is 105 cm³/mol. The first-order valence-corrected chi connectivity index (χ1v) is 11.3. The van der Waals surface area contributed by atoms with Crippen LogP contribution >= 0.6 is 0 Å². The Labute approximate surface area is 166 Å². The van der Waals surface area contributed by atoms with Gasteiger partial charge in [0, 0.05) is 48.4 Å². The van der Waals surface area contributed by atoms with E-state index >= 15 is 0 Å². The lowest BCUT2D eigenvalue weighted by Crippen LogP contribution is -2.64. The number of urea groups is 1. The van der Waals surface area contributed by atoms with E-state index in [-0.39, 0.29) is 23.7 Å². The molecule has 1 unspecified atom stereocenters. The number of amides is 2. The Bertz CT molecular complexity index is 730. The van der Waals surface area contributed by atoms with E-state index in [1.54, 1.807) is 12.4 Å². The van der Waals surface area contributed by atoms with Gasteiger partial charge in [-0.05, 0) is 75.2 Å². The summed E-state index contributed by atoms with van der Waals surface area (Å²) in [4.78, 5) is 19.7. The quantitative estimate of drug-likeness (QED) is 0.823. The highest BCUT2D eigenvalue weighted by Crippen LogP contribution is 2.56. The van der Waals surface area contributed by atoms with E-state index in [1.165, 1.54) is 38.5 Å². The van der Waals surface area contributed by atoms with Gasteiger partial charge in [-0.15, -0.1) is 0 Å². The van der Waals surface area contributed by atoms with Gasteiger partial charge in [0.15, 0.2) is 0 Å². The van der Waals surface area contributed by atoms with E-state index in [0.29, 0.717) is 12.8 Å². The summed E-state index contributed by atoms with van der Waals surface area (Å²) in [5.41, 5.74) is 0.105. The molecule has 4 saturated carbocycles. The van der Waals surface area contributed by atoms with Gasteiger partial charge in [-0.2, -0.15) is 0 Å². The Morgan fingerprint density at radius 1 is 1.04 bits per heavy atom. The maximum Gasteiger partial charge on any atom is 0.318 e. The van der Waals surface area contributed by atoms with Gasteiger partial charge < -0.3 is 15.3 Å². The van der Waals surface area contributed by atoms with E-state index in [0.717, 1.165) is 36.2 Å². The molecule has 5 nitrogen and oxygen atoms in total. The molecule has 3 atom stereocenters. The smallest absolute Gasteiger partial charge is 0.318 e. The second-order valence-corrected chi connectivity index (χ2v) is 10.6. The number of aromatic nitrogens is 1. The Kier molecular flexibility index (Phi) is 3.66. The molecule has 150 valence electrons. The lowest BCUT2D eigenvalue weighted by Gasteiger charge is -2.57. The molecule has 3 heterocycles. The minimum absolute atomic E-state index is 0.0579. The summed E-state index contributed by atoms with van der Waals surface area (Å²) in [6.45, 7) is 0. The monoisotopic (exact) mass is 381 g/mol. The number of fused-ring (bicyclic) bond motifs is 2. The Morgan fingerprint density at radius 2 is 1.64 bits per heavy atom. The molecule has 6 aliphatic rings. The number of nitrogens with one attached hydrogen (secondary N) is 1. The maximum absolute atomic E-state index is 13.4. The molecule has 5 heteroatoms. The molecule has 2 aliphatic heterocycles. The molecule has 2 saturated heterocycles. The van der Waals surface area contributed by atoms with Crippen molar-refractivity contribution in [2.75, 3.05) is 0 Å². The fraction of sp³-hybridized carbons (Fsp3) is 0.739. The van der Waals surface area contributed by atoms with E-state index in [1.807, 2.05) is 12.1 Å². The molecule has 2 amide bonds. The van der Waals surface area contributed by atoms with Crippen LogP contribution in [0, 0.1) is 17.8 Å². The third kappa shape index (κ3) is 2.62. The van der Waals surface area contributed by atoms with Crippen LogP contribution in [0.3, 0.4) is 0 Å². The largest absolute Gasteiger partial charge is 0.385 e. The van der Waals surface area contributed by atoms with Crippen LogP contribution in [0.25, 0.3) is 0 Å². The fourth-order valence-corrected chi connectivity index (χ4v) is 7.99. The molecule has 0 radical (unpaired) electrons. The summed E-state index contributed by atoms with van der Waals surface area (Å²) in [5.74, 6) is 2.50. The van der Waals surface area contributed by atoms with Crippen molar-refractivity contribution in [3.63, 3.8) is 0 Å². The predicted octanol–water partition coefficient (Wildman–Crippen LogP) is 3.57. The molecule has 1 aromatic heterocycles. The van der Waals surface area contributed by atoms with Gasteiger partial charge in [0.1, 0.15) is 0 Å². The van der Waals surface area contributed by atoms with Gasteiger partial charge in [-0.25, -0.2) is 4.79 Å². The molecule has 7 rings (SSSR count). The summed E-state index contributed by atoms with van der Waals surface area (Å²) in [5, 5.41) is 14.9. The number of piperidine rings is 1. The van der Waals surface area contributed by atoms with E-state index in [2.05, 4.69) is 15.2 Å². The van der Waals surface area contributed by atoms with Crippen LogP contribution in [0.1, 0.15) is 69.8 Å². The standard InChI is InChI=1S/C23H31N3O2/c27-21(25-22-9-15-6-16(10-22)8-17(7-15)11-22)26-19-3-4-20(26)13-23(28,12-19)18-2-1-5-24-14-18/h1-2,5,14-17,19-20,28H,3-4,6-13H2,(H,25,27)/t15?,16?,17?,19-,20+,22?,23?. The molecular weight excluding hydrogens is 350 g/mol. The van der Waals surface area contributed by atoms with Crippen molar-refractivity contribution >= 4 is 6.03 Å². The highest BCUT2D eigenvalue weighted by molar-refractivity contribution is 5.76. The maximum atomic E-state index is 13.4. The van der Waals surface area contributed by atoms with Gasteiger partial charge in [-0.1, -0.05) is 6.07 Å². The fourth-order valence-electron chi connectivity index (χ4n) is 7.99. The average molecular weight is 382 g/mol. The molecule has 2 N–H and O–H groups in total. The third-order valence-corrected chi connectivity index (χ3v) is 8.61. The molecule has 6 bridgehead atoms. The highest BCUT2D eigenvalue weighted by atomic mass is 16.3. The number of pyridine rings is 1. The lowest BCUT2D eigenvalue weighted by atomic mass is 9.53. The van der Waals surface area contributed by atoms with Crippen LogP contribution in [0.4, 0.5) is 4.79 Å². The van der Waals surface area contributed by atoms with Crippen molar-refractivity contribution in [1.29, 1.82) is 0 Å². The van der Waals surface area contributed by atoms with Crippen LogP contribution < -0.4 is 5.32 Å². The van der Waals surface area contributed by atoms with Crippen molar-refractivity contribution in [1.82, 2.24) is 15.2 Å².